The smallest absolute Gasteiger partial charge is 0.381 e. The summed E-state index contributed by atoms with van der Waals surface area (Å²) < 4.78 is 47.8. The Hall–Kier alpha value is -3.37. The van der Waals surface area contributed by atoms with Gasteiger partial charge in [0.15, 0.2) is 0 Å². The molecule has 2 aliphatic heterocycles. The Bertz CT molecular complexity index is 1380. The second kappa shape index (κ2) is 11.2. The van der Waals surface area contributed by atoms with Crippen molar-refractivity contribution >= 4 is 22.7 Å². The highest BCUT2D eigenvalue weighted by atomic mass is 19.4. The molecule has 1 aromatic heterocycles. The number of rotatable bonds is 5. The van der Waals surface area contributed by atoms with Crippen LogP contribution in [0.1, 0.15) is 53.1 Å². The minimum absolute atomic E-state index is 0.0781. The van der Waals surface area contributed by atoms with Crippen molar-refractivity contribution in [1.82, 2.24) is 19.3 Å². The van der Waals surface area contributed by atoms with E-state index in [0.717, 1.165) is 25.2 Å². The van der Waals surface area contributed by atoms with Crippen molar-refractivity contribution in [3.05, 3.63) is 65.4 Å². The normalized spacial score (nSPS) is 17.7. The molecule has 10 heteroatoms. The van der Waals surface area contributed by atoms with Crippen LogP contribution in [0.2, 0.25) is 0 Å². The first-order valence-corrected chi connectivity index (χ1v) is 13.8. The summed E-state index contributed by atoms with van der Waals surface area (Å²) in [5, 5.41) is 0.624. The molecule has 5 rings (SSSR count). The number of alkyl halides is 3. The number of hydrogen-bond acceptors (Lipinski definition) is 4. The van der Waals surface area contributed by atoms with Crippen LogP contribution in [0, 0.1) is 0 Å². The molecule has 0 atom stereocenters. The number of aromatic nitrogens is 1. The zero-order valence-corrected chi connectivity index (χ0v) is 23.1. The van der Waals surface area contributed by atoms with Gasteiger partial charge in [-0.05, 0) is 69.2 Å². The fraction of sp³-hybridized carbons (Fsp3) is 0.467. The molecule has 40 heavy (non-hydrogen) atoms. The van der Waals surface area contributed by atoms with Crippen molar-refractivity contribution in [2.45, 2.75) is 45.0 Å². The predicted molar refractivity (Wildman–Crippen MR) is 147 cm³/mol. The molecule has 7 nitrogen and oxygen atoms in total. The number of amides is 2. The predicted octanol–water partition coefficient (Wildman–Crippen LogP) is 5.07. The van der Waals surface area contributed by atoms with E-state index in [1.807, 2.05) is 4.90 Å². The van der Waals surface area contributed by atoms with E-state index in [1.54, 1.807) is 46.9 Å². The second-order valence-electron chi connectivity index (χ2n) is 10.8. The maximum Gasteiger partial charge on any atom is 0.416 e. The van der Waals surface area contributed by atoms with Crippen molar-refractivity contribution in [1.29, 1.82) is 0 Å². The van der Waals surface area contributed by atoms with Crippen LogP contribution in [-0.2, 0) is 10.9 Å². The Balaban J connectivity index is 1.52. The average Bonchev–Trinajstić information content (AvgIpc) is 3.35. The first-order chi connectivity index (χ1) is 19.1. The maximum absolute atomic E-state index is 13.8. The van der Waals surface area contributed by atoms with E-state index >= 15 is 0 Å². The Labute approximate surface area is 232 Å². The van der Waals surface area contributed by atoms with E-state index in [-0.39, 0.29) is 29.3 Å². The number of piperidine rings is 1. The average molecular weight is 557 g/mol. The number of hydrogen-bond donors (Lipinski definition) is 0. The molecule has 2 aliphatic rings. The van der Waals surface area contributed by atoms with Crippen LogP contribution in [0.15, 0.2) is 48.5 Å². The first-order valence-electron chi connectivity index (χ1n) is 13.8. The van der Waals surface area contributed by atoms with Crippen LogP contribution in [-0.4, -0.2) is 89.6 Å². The molecule has 2 aromatic carbocycles. The van der Waals surface area contributed by atoms with Crippen molar-refractivity contribution in [2.24, 2.45) is 0 Å². The maximum atomic E-state index is 13.8. The number of fused-ring (bicyclic) bond motifs is 1. The molecule has 0 radical (unpaired) electrons. The number of nitrogens with zero attached hydrogens (tertiary/aromatic N) is 4. The zero-order chi connectivity index (χ0) is 28.6. The molecule has 3 aromatic rings. The number of carbonyl (C=O) groups is 2. The molecule has 2 saturated heterocycles. The van der Waals surface area contributed by atoms with Crippen molar-refractivity contribution < 1.29 is 27.5 Å². The van der Waals surface area contributed by atoms with Gasteiger partial charge in [-0.2, -0.15) is 13.2 Å². The van der Waals surface area contributed by atoms with Crippen LogP contribution >= 0.6 is 0 Å². The Kier molecular flexibility index (Phi) is 7.92. The third kappa shape index (κ3) is 5.60. The Morgan fingerprint density at radius 2 is 1.55 bits per heavy atom. The topological polar surface area (TPSA) is 58.0 Å². The lowest BCUT2D eigenvalue weighted by Gasteiger charge is -2.37. The molecule has 0 aliphatic carbocycles. The molecular formula is C30H35F3N4O3. The van der Waals surface area contributed by atoms with Gasteiger partial charge in [-0.3, -0.25) is 14.5 Å². The number of halogens is 3. The Morgan fingerprint density at radius 3 is 2.17 bits per heavy atom. The third-order valence-corrected chi connectivity index (χ3v) is 8.09. The first kappa shape index (κ1) is 28.2. The number of benzene rings is 2. The summed E-state index contributed by atoms with van der Waals surface area (Å²) in [6.45, 7) is 8.12. The van der Waals surface area contributed by atoms with Gasteiger partial charge in [0.1, 0.15) is 5.69 Å². The van der Waals surface area contributed by atoms with Crippen molar-refractivity contribution in [3.63, 3.8) is 0 Å². The molecule has 0 N–H and O–H groups in total. The molecule has 214 valence electrons. The summed E-state index contributed by atoms with van der Waals surface area (Å²) in [4.78, 5) is 33.0. The number of carbonyl (C=O) groups excluding carboxylic acids is 2. The van der Waals surface area contributed by atoms with E-state index in [0.29, 0.717) is 61.5 Å². The van der Waals surface area contributed by atoms with Gasteiger partial charge in [0, 0.05) is 69.1 Å². The summed E-state index contributed by atoms with van der Waals surface area (Å²) >= 11 is 0. The minimum Gasteiger partial charge on any atom is -0.381 e. The Morgan fingerprint density at radius 1 is 0.875 bits per heavy atom. The number of likely N-dealkylation sites (tertiary alicyclic amines) is 1. The number of ether oxygens (including phenoxy) is 1. The molecule has 0 saturated carbocycles. The van der Waals surface area contributed by atoms with Gasteiger partial charge in [-0.1, -0.05) is 6.07 Å². The summed E-state index contributed by atoms with van der Waals surface area (Å²) in [7, 11) is 1.65. The highest BCUT2D eigenvalue weighted by Gasteiger charge is 2.32. The van der Waals surface area contributed by atoms with E-state index in [2.05, 4.69) is 18.7 Å². The van der Waals surface area contributed by atoms with Crippen molar-refractivity contribution in [3.8, 4) is 5.69 Å². The minimum atomic E-state index is -4.52. The van der Waals surface area contributed by atoms with Gasteiger partial charge < -0.3 is 19.1 Å². The van der Waals surface area contributed by atoms with E-state index in [1.165, 1.54) is 6.07 Å². The molecule has 3 heterocycles. The molecule has 0 unspecified atom stereocenters. The fourth-order valence-electron chi connectivity index (χ4n) is 5.69. The summed E-state index contributed by atoms with van der Waals surface area (Å²) in [5.41, 5.74) is 0.768. The lowest BCUT2D eigenvalue weighted by Crippen LogP contribution is -2.50. The third-order valence-electron chi connectivity index (χ3n) is 8.09. The summed E-state index contributed by atoms with van der Waals surface area (Å²) in [6.07, 6.45) is -3.07. The lowest BCUT2D eigenvalue weighted by atomic mass is 10.1. The van der Waals surface area contributed by atoms with E-state index < -0.39 is 11.7 Å². The molecule has 0 bridgehead atoms. The SMILES string of the molecule is COC1CCN(C(=O)c2cc3cc(C(=O)N4CCN(C(C)C)CC4)ccc3n2-c2cccc(C(F)(F)F)c2)CC1. The van der Waals surface area contributed by atoms with Crippen LogP contribution in [0.5, 0.6) is 0 Å². The van der Waals surface area contributed by atoms with Crippen LogP contribution < -0.4 is 0 Å². The quantitative estimate of drug-likeness (QED) is 0.441. The summed E-state index contributed by atoms with van der Waals surface area (Å²) in [6, 6.07) is 12.2. The molecule has 2 amide bonds. The van der Waals surface area contributed by atoms with Gasteiger partial charge in [0.05, 0.1) is 17.2 Å². The van der Waals surface area contributed by atoms with Crippen molar-refractivity contribution in [2.75, 3.05) is 46.4 Å². The largest absolute Gasteiger partial charge is 0.416 e. The van der Waals surface area contributed by atoms with Crippen LogP contribution in [0.3, 0.4) is 0 Å². The van der Waals surface area contributed by atoms with Gasteiger partial charge in [-0.25, -0.2) is 0 Å². The zero-order valence-electron chi connectivity index (χ0n) is 23.1. The number of methoxy groups -OCH3 is 1. The number of piperazine rings is 1. The highest BCUT2D eigenvalue weighted by Crippen LogP contribution is 2.33. The van der Waals surface area contributed by atoms with Gasteiger partial charge in [0.25, 0.3) is 11.8 Å². The molecular weight excluding hydrogens is 521 g/mol. The monoisotopic (exact) mass is 556 g/mol. The van der Waals surface area contributed by atoms with Gasteiger partial charge in [-0.15, -0.1) is 0 Å². The molecule has 2 fully saturated rings. The standard InChI is InChI=1S/C30H35F3N4O3/c1-20(2)34-13-15-36(16-14-34)28(38)21-7-8-26-22(17-21)18-27(29(39)35-11-9-25(40-3)10-12-35)37(26)24-6-4-5-23(19-24)30(31,32)33/h4-8,17-20,25H,9-16H2,1-3H3. The van der Waals surface area contributed by atoms with Gasteiger partial charge in [0.2, 0.25) is 0 Å². The lowest BCUT2D eigenvalue weighted by molar-refractivity contribution is -0.137. The fourth-order valence-corrected chi connectivity index (χ4v) is 5.69. The summed E-state index contributed by atoms with van der Waals surface area (Å²) in [5.74, 6) is -0.354. The molecule has 0 spiro atoms. The van der Waals surface area contributed by atoms with E-state index in [9.17, 15) is 22.8 Å². The highest BCUT2D eigenvalue weighted by molar-refractivity contribution is 6.03. The van der Waals surface area contributed by atoms with Gasteiger partial charge >= 0.3 is 6.18 Å². The van der Waals surface area contributed by atoms with E-state index in [4.69, 9.17) is 4.74 Å². The second-order valence-corrected chi connectivity index (χ2v) is 10.8. The van der Waals surface area contributed by atoms with Crippen LogP contribution in [0.25, 0.3) is 16.6 Å². The van der Waals surface area contributed by atoms with Crippen LogP contribution in [0.4, 0.5) is 13.2 Å².